The number of hydrogen-bond acceptors (Lipinski definition) is 4. The SMILES string of the molecule is CC1CN(c2ccc(-c3nc4cc(Cl)ccc4[nH]3)cn2)CCN1c1ccccc1. The van der Waals surface area contributed by atoms with Crippen LogP contribution >= 0.6 is 11.6 Å². The Morgan fingerprint density at radius 1 is 1.03 bits per heavy atom. The number of pyridine rings is 1. The maximum absolute atomic E-state index is 6.07. The summed E-state index contributed by atoms with van der Waals surface area (Å²) in [5.74, 6) is 1.82. The Hall–Kier alpha value is -3.05. The number of halogens is 1. The number of fused-ring (bicyclic) bond motifs is 1. The first-order chi connectivity index (χ1) is 14.2. The number of imidazole rings is 1. The van der Waals surface area contributed by atoms with Gasteiger partial charge in [-0.1, -0.05) is 29.8 Å². The number of nitrogens with one attached hydrogen (secondary N) is 1. The van der Waals surface area contributed by atoms with Crippen LogP contribution in [0.4, 0.5) is 11.5 Å². The molecule has 0 radical (unpaired) electrons. The maximum atomic E-state index is 6.07. The Labute approximate surface area is 175 Å². The molecule has 0 amide bonds. The summed E-state index contributed by atoms with van der Waals surface area (Å²) in [6.07, 6.45) is 1.89. The van der Waals surface area contributed by atoms with Crippen LogP contribution in [0.5, 0.6) is 0 Å². The van der Waals surface area contributed by atoms with E-state index in [-0.39, 0.29) is 0 Å². The molecule has 0 saturated carbocycles. The first-order valence-corrected chi connectivity index (χ1v) is 10.2. The zero-order valence-electron chi connectivity index (χ0n) is 16.2. The van der Waals surface area contributed by atoms with Crippen LogP contribution in [0, 0.1) is 0 Å². The third-order valence-electron chi connectivity index (χ3n) is 5.51. The number of aromatic amines is 1. The molecule has 2 aromatic carbocycles. The molecule has 3 heterocycles. The molecule has 5 rings (SSSR count). The molecule has 1 atom stereocenters. The molecule has 1 N–H and O–H groups in total. The molecule has 5 nitrogen and oxygen atoms in total. The second-order valence-corrected chi connectivity index (χ2v) is 7.91. The van der Waals surface area contributed by atoms with Crippen molar-refractivity contribution in [2.45, 2.75) is 13.0 Å². The molecule has 0 spiro atoms. The monoisotopic (exact) mass is 403 g/mol. The molecule has 0 bridgehead atoms. The third-order valence-corrected chi connectivity index (χ3v) is 5.74. The average molecular weight is 404 g/mol. The minimum absolute atomic E-state index is 0.424. The summed E-state index contributed by atoms with van der Waals surface area (Å²) in [7, 11) is 0. The zero-order valence-corrected chi connectivity index (χ0v) is 17.0. The zero-order chi connectivity index (χ0) is 19.8. The van der Waals surface area contributed by atoms with Crippen molar-refractivity contribution < 1.29 is 0 Å². The number of anilines is 2. The number of para-hydroxylation sites is 1. The highest BCUT2D eigenvalue weighted by atomic mass is 35.5. The van der Waals surface area contributed by atoms with Crippen molar-refractivity contribution >= 4 is 34.1 Å². The fourth-order valence-electron chi connectivity index (χ4n) is 4.00. The van der Waals surface area contributed by atoms with Crippen LogP contribution in [0.15, 0.2) is 66.9 Å². The largest absolute Gasteiger partial charge is 0.365 e. The highest BCUT2D eigenvalue weighted by Gasteiger charge is 2.24. The highest BCUT2D eigenvalue weighted by Crippen LogP contribution is 2.26. The van der Waals surface area contributed by atoms with Crippen molar-refractivity contribution in [1.82, 2.24) is 15.0 Å². The Morgan fingerprint density at radius 2 is 1.90 bits per heavy atom. The molecule has 4 aromatic rings. The first-order valence-electron chi connectivity index (χ1n) is 9.86. The molecule has 1 saturated heterocycles. The van der Waals surface area contributed by atoms with Crippen LogP contribution in [0.2, 0.25) is 5.02 Å². The number of H-pyrrole nitrogens is 1. The van der Waals surface area contributed by atoms with Gasteiger partial charge in [0.25, 0.3) is 0 Å². The number of nitrogens with zero attached hydrogens (tertiary/aromatic N) is 4. The Balaban J connectivity index is 1.32. The van der Waals surface area contributed by atoms with E-state index in [2.05, 4.69) is 69.2 Å². The molecule has 1 aliphatic heterocycles. The second-order valence-electron chi connectivity index (χ2n) is 7.48. The van der Waals surface area contributed by atoms with Crippen molar-refractivity contribution in [3.63, 3.8) is 0 Å². The predicted molar refractivity (Wildman–Crippen MR) is 120 cm³/mol. The van der Waals surface area contributed by atoms with Gasteiger partial charge >= 0.3 is 0 Å². The number of hydrogen-bond donors (Lipinski definition) is 1. The molecule has 1 unspecified atom stereocenters. The Bertz CT molecular complexity index is 1120. The van der Waals surface area contributed by atoms with E-state index in [4.69, 9.17) is 16.6 Å². The minimum atomic E-state index is 0.424. The summed E-state index contributed by atoms with van der Waals surface area (Å²) in [5.41, 5.74) is 4.09. The molecule has 1 aliphatic rings. The normalized spacial score (nSPS) is 17.1. The van der Waals surface area contributed by atoms with Crippen molar-refractivity contribution in [3.8, 4) is 11.4 Å². The molecule has 0 aliphatic carbocycles. The van der Waals surface area contributed by atoms with Crippen LogP contribution in [0.3, 0.4) is 0 Å². The lowest BCUT2D eigenvalue weighted by Gasteiger charge is -2.41. The first kappa shape index (κ1) is 18.0. The molecule has 2 aromatic heterocycles. The Morgan fingerprint density at radius 3 is 2.66 bits per heavy atom. The second kappa shape index (κ2) is 7.41. The summed E-state index contributed by atoms with van der Waals surface area (Å²) in [4.78, 5) is 17.5. The summed E-state index contributed by atoms with van der Waals surface area (Å²) in [6.45, 7) is 5.16. The third kappa shape index (κ3) is 3.54. The van der Waals surface area contributed by atoms with Gasteiger partial charge in [-0.3, -0.25) is 0 Å². The van der Waals surface area contributed by atoms with Crippen LogP contribution < -0.4 is 9.80 Å². The van der Waals surface area contributed by atoms with Gasteiger partial charge in [-0.15, -0.1) is 0 Å². The standard InChI is InChI=1S/C23H22ClN5/c1-16-15-28(11-12-29(16)19-5-3-2-4-6-19)22-10-7-17(14-25-22)23-26-20-9-8-18(24)13-21(20)27-23/h2-10,13-14,16H,11-12,15H2,1H3,(H,26,27). The van der Waals surface area contributed by atoms with E-state index < -0.39 is 0 Å². The molecule has 146 valence electrons. The lowest BCUT2D eigenvalue weighted by Crippen LogP contribution is -2.52. The van der Waals surface area contributed by atoms with E-state index in [1.165, 1.54) is 5.69 Å². The quantitative estimate of drug-likeness (QED) is 0.523. The number of benzene rings is 2. The lowest BCUT2D eigenvalue weighted by molar-refractivity contribution is 0.547. The van der Waals surface area contributed by atoms with Gasteiger partial charge in [-0.2, -0.15) is 0 Å². The maximum Gasteiger partial charge on any atom is 0.140 e. The topological polar surface area (TPSA) is 48.1 Å². The van der Waals surface area contributed by atoms with Crippen molar-refractivity contribution in [2.24, 2.45) is 0 Å². The van der Waals surface area contributed by atoms with Crippen molar-refractivity contribution in [1.29, 1.82) is 0 Å². The smallest absolute Gasteiger partial charge is 0.140 e. The van der Waals surface area contributed by atoms with Gasteiger partial charge in [0, 0.05) is 48.1 Å². The van der Waals surface area contributed by atoms with Gasteiger partial charge in [0.15, 0.2) is 0 Å². The van der Waals surface area contributed by atoms with Crippen molar-refractivity contribution in [2.75, 3.05) is 29.4 Å². The van der Waals surface area contributed by atoms with Crippen molar-refractivity contribution in [3.05, 3.63) is 71.9 Å². The fraction of sp³-hybridized carbons (Fsp3) is 0.217. The van der Waals surface area contributed by atoms with Gasteiger partial charge in [0.2, 0.25) is 0 Å². The number of aromatic nitrogens is 3. The van der Waals surface area contributed by atoms with Gasteiger partial charge in [-0.25, -0.2) is 9.97 Å². The van der Waals surface area contributed by atoms with E-state index in [1.807, 2.05) is 24.4 Å². The van der Waals surface area contributed by atoms with Crippen LogP contribution in [0.25, 0.3) is 22.4 Å². The van der Waals surface area contributed by atoms with Crippen LogP contribution in [0.1, 0.15) is 6.92 Å². The van der Waals surface area contributed by atoms with E-state index in [0.717, 1.165) is 47.9 Å². The van der Waals surface area contributed by atoms with Gasteiger partial charge in [-0.05, 0) is 49.4 Å². The van der Waals surface area contributed by atoms with E-state index >= 15 is 0 Å². The number of piperazine rings is 1. The number of rotatable bonds is 3. The van der Waals surface area contributed by atoms with Gasteiger partial charge in [0.1, 0.15) is 11.6 Å². The summed E-state index contributed by atoms with van der Waals surface area (Å²) in [6, 6.07) is 20.9. The average Bonchev–Trinajstić information content (AvgIpc) is 3.17. The summed E-state index contributed by atoms with van der Waals surface area (Å²) >= 11 is 6.07. The lowest BCUT2D eigenvalue weighted by atomic mass is 10.1. The van der Waals surface area contributed by atoms with E-state index in [9.17, 15) is 0 Å². The highest BCUT2D eigenvalue weighted by molar-refractivity contribution is 6.31. The van der Waals surface area contributed by atoms with E-state index in [0.29, 0.717) is 11.1 Å². The summed E-state index contributed by atoms with van der Waals surface area (Å²) < 4.78 is 0. The van der Waals surface area contributed by atoms with Gasteiger partial charge in [0.05, 0.1) is 11.0 Å². The predicted octanol–water partition coefficient (Wildman–Crippen LogP) is 4.99. The molecular formula is C23H22ClN5. The molecule has 6 heteroatoms. The summed E-state index contributed by atoms with van der Waals surface area (Å²) in [5, 5.41) is 0.688. The van der Waals surface area contributed by atoms with E-state index in [1.54, 1.807) is 0 Å². The van der Waals surface area contributed by atoms with Gasteiger partial charge < -0.3 is 14.8 Å². The molecular weight excluding hydrogens is 382 g/mol. The minimum Gasteiger partial charge on any atom is -0.365 e. The van der Waals surface area contributed by atoms with Crippen LogP contribution in [-0.2, 0) is 0 Å². The van der Waals surface area contributed by atoms with Crippen LogP contribution in [-0.4, -0.2) is 40.6 Å². The molecule has 1 fully saturated rings. The Kier molecular flexibility index (Phi) is 4.60. The fourth-order valence-corrected chi connectivity index (χ4v) is 4.16. The molecule has 29 heavy (non-hydrogen) atoms.